The molecule has 0 aromatic carbocycles. The number of carbonyl (C=O) groups excluding carboxylic acids is 2. The standard InChI is InChI=1S/C13H18N2O4/c1-2-14-11(16)12(17)15-8-13(18,9-5-6-9)10-4-3-7-19-10/h3-4,7,9,18H,2,5-6,8H2,1H3,(H,14,16)(H,15,17). The van der Waals surface area contributed by atoms with E-state index in [9.17, 15) is 14.7 Å². The summed E-state index contributed by atoms with van der Waals surface area (Å²) in [6.45, 7) is 2.09. The lowest BCUT2D eigenvalue weighted by Gasteiger charge is -2.26. The Morgan fingerprint density at radius 1 is 1.42 bits per heavy atom. The van der Waals surface area contributed by atoms with Gasteiger partial charge in [0.2, 0.25) is 0 Å². The molecule has 1 aromatic heterocycles. The summed E-state index contributed by atoms with van der Waals surface area (Å²) >= 11 is 0. The molecule has 6 nitrogen and oxygen atoms in total. The zero-order valence-corrected chi connectivity index (χ0v) is 10.8. The maximum absolute atomic E-state index is 11.5. The average molecular weight is 266 g/mol. The first-order chi connectivity index (χ1) is 9.08. The molecule has 3 N–H and O–H groups in total. The van der Waals surface area contributed by atoms with Crippen molar-refractivity contribution in [3.63, 3.8) is 0 Å². The predicted octanol–water partition coefficient (Wildman–Crippen LogP) is 0.130. The van der Waals surface area contributed by atoms with E-state index in [2.05, 4.69) is 10.6 Å². The summed E-state index contributed by atoms with van der Waals surface area (Å²) in [6, 6.07) is 3.37. The normalized spacial score (nSPS) is 17.6. The van der Waals surface area contributed by atoms with Crippen molar-refractivity contribution in [1.82, 2.24) is 10.6 Å². The molecule has 1 unspecified atom stereocenters. The minimum atomic E-state index is -1.23. The topological polar surface area (TPSA) is 91.6 Å². The lowest BCUT2D eigenvalue weighted by atomic mass is 9.94. The average Bonchev–Trinajstić information content (AvgIpc) is 3.11. The Labute approximate surface area is 111 Å². The van der Waals surface area contributed by atoms with Crippen LogP contribution in [0.4, 0.5) is 0 Å². The molecule has 1 saturated carbocycles. The highest BCUT2D eigenvalue weighted by Crippen LogP contribution is 2.45. The van der Waals surface area contributed by atoms with Crippen LogP contribution in [0.15, 0.2) is 22.8 Å². The van der Waals surface area contributed by atoms with Gasteiger partial charge < -0.3 is 20.2 Å². The molecular weight excluding hydrogens is 248 g/mol. The van der Waals surface area contributed by atoms with Crippen molar-refractivity contribution in [3.8, 4) is 0 Å². The smallest absolute Gasteiger partial charge is 0.309 e. The van der Waals surface area contributed by atoms with Crippen molar-refractivity contribution >= 4 is 11.8 Å². The number of carbonyl (C=O) groups is 2. The van der Waals surface area contributed by atoms with Gasteiger partial charge in [-0.1, -0.05) is 0 Å². The van der Waals surface area contributed by atoms with Crippen LogP contribution >= 0.6 is 0 Å². The van der Waals surface area contributed by atoms with Gasteiger partial charge in [0, 0.05) is 6.54 Å². The zero-order valence-electron chi connectivity index (χ0n) is 10.8. The molecule has 104 valence electrons. The predicted molar refractivity (Wildman–Crippen MR) is 67.0 cm³/mol. The number of hydrogen-bond acceptors (Lipinski definition) is 4. The molecule has 0 saturated heterocycles. The Morgan fingerprint density at radius 3 is 2.63 bits per heavy atom. The van der Waals surface area contributed by atoms with E-state index in [4.69, 9.17) is 4.42 Å². The van der Waals surface area contributed by atoms with Gasteiger partial charge in [0.25, 0.3) is 0 Å². The summed E-state index contributed by atoms with van der Waals surface area (Å²) in [4.78, 5) is 22.8. The largest absolute Gasteiger partial charge is 0.466 e. The van der Waals surface area contributed by atoms with Gasteiger partial charge in [0.05, 0.1) is 12.8 Å². The Bertz CT molecular complexity index is 453. The molecular formula is C13H18N2O4. The second-order valence-corrected chi connectivity index (χ2v) is 4.72. The van der Waals surface area contributed by atoms with E-state index in [1.165, 1.54) is 6.26 Å². The van der Waals surface area contributed by atoms with E-state index in [1.54, 1.807) is 19.1 Å². The number of aliphatic hydroxyl groups is 1. The van der Waals surface area contributed by atoms with Crippen molar-refractivity contribution in [3.05, 3.63) is 24.2 Å². The van der Waals surface area contributed by atoms with Gasteiger partial charge in [-0.25, -0.2) is 0 Å². The fraction of sp³-hybridized carbons (Fsp3) is 0.538. The van der Waals surface area contributed by atoms with E-state index in [0.717, 1.165) is 12.8 Å². The fourth-order valence-corrected chi connectivity index (χ4v) is 2.05. The molecule has 1 fully saturated rings. The molecule has 2 amide bonds. The third-order valence-electron chi connectivity index (χ3n) is 3.26. The molecule has 0 bridgehead atoms. The summed E-state index contributed by atoms with van der Waals surface area (Å²) in [6.07, 6.45) is 3.25. The first-order valence-electron chi connectivity index (χ1n) is 6.40. The van der Waals surface area contributed by atoms with Crippen LogP contribution in [-0.2, 0) is 15.2 Å². The highest BCUT2D eigenvalue weighted by atomic mass is 16.4. The monoisotopic (exact) mass is 266 g/mol. The van der Waals surface area contributed by atoms with Crippen LogP contribution in [0.25, 0.3) is 0 Å². The van der Waals surface area contributed by atoms with Crippen LogP contribution in [-0.4, -0.2) is 30.0 Å². The zero-order chi connectivity index (χ0) is 13.9. The van der Waals surface area contributed by atoms with E-state index in [-0.39, 0.29) is 12.5 Å². The lowest BCUT2D eigenvalue weighted by molar-refractivity contribution is -0.140. The van der Waals surface area contributed by atoms with Gasteiger partial charge in [-0.15, -0.1) is 0 Å². The molecule has 6 heteroatoms. The van der Waals surface area contributed by atoms with Gasteiger partial charge in [0.1, 0.15) is 11.4 Å². The minimum absolute atomic E-state index is 0.0266. The van der Waals surface area contributed by atoms with Crippen LogP contribution in [0.3, 0.4) is 0 Å². The number of furan rings is 1. The first-order valence-corrected chi connectivity index (χ1v) is 6.40. The van der Waals surface area contributed by atoms with Gasteiger partial charge in [-0.2, -0.15) is 0 Å². The van der Waals surface area contributed by atoms with Crippen LogP contribution < -0.4 is 10.6 Å². The summed E-state index contributed by atoms with van der Waals surface area (Å²) in [5.41, 5.74) is -1.23. The highest BCUT2D eigenvalue weighted by molar-refractivity contribution is 6.35. The fourth-order valence-electron chi connectivity index (χ4n) is 2.05. The number of hydrogen-bond donors (Lipinski definition) is 3. The van der Waals surface area contributed by atoms with Crippen molar-refractivity contribution < 1.29 is 19.1 Å². The molecule has 0 aliphatic heterocycles. The van der Waals surface area contributed by atoms with E-state index in [1.807, 2.05) is 0 Å². The third-order valence-corrected chi connectivity index (χ3v) is 3.26. The SMILES string of the molecule is CCNC(=O)C(=O)NCC(O)(c1ccco1)C1CC1. The van der Waals surface area contributed by atoms with Crippen molar-refractivity contribution in [1.29, 1.82) is 0 Å². The second-order valence-electron chi connectivity index (χ2n) is 4.72. The minimum Gasteiger partial charge on any atom is -0.466 e. The van der Waals surface area contributed by atoms with Gasteiger partial charge in [-0.3, -0.25) is 9.59 Å². The van der Waals surface area contributed by atoms with Crippen LogP contribution in [0.5, 0.6) is 0 Å². The molecule has 1 atom stereocenters. The van der Waals surface area contributed by atoms with Crippen LogP contribution in [0.1, 0.15) is 25.5 Å². The molecule has 0 radical (unpaired) electrons. The maximum atomic E-state index is 11.5. The van der Waals surface area contributed by atoms with Crippen LogP contribution in [0.2, 0.25) is 0 Å². The second kappa shape index (κ2) is 5.44. The molecule has 2 rings (SSSR count). The summed E-state index contributed by atoms with van der Waals surface area (Å²) in [5.74, 6) is -0.952. The van der Waals surface area contributed by atoms with Gasteiger partial charge in [-0.05, 0) is 37.8 Å². The first kappa shape index (κ1) is 13.6. The van der Waals surface area contributed by atoms with Gasteiger partial charge >= 0.3 is 11.8 Å². The number of amides is 2. The maximum Gasteiger partial charge on any atom is 0.309 e. The Morgan fingerprint density at radius 2 is 2.11 bits per heavy atom. The number of nitrogens with one attached hydrogen (secondary N) is 2. The third kappa shape index (κ3) is 2.96. The Balaban J connectivity index is 1.99. The molecule has 0 spiro atoms. The summed E-state index contributed by atoms with van der Waals surface area (Å²) < 4.78 is 5.24. The van der Waals surface area contributed by atoms with Crippen molar-refractivity contribution in [2.45, 2.75) is 25.4 Å². The van der Waals surface area contributed by atoms with Gasteiger partial charge in [0.15, 0.2) is 0 Å². The number of likely N-dealkylation sites (N-methyl/N-ethyl adjacent to an activating group) is 1. The van der Waals surface area contributed by atoms with Crippen LogP contribution in [0, 0.1) is 5.92 Å². The Hall–Kier alpha value is -1.82. The summed E-state index contributed by atoms with van der Waals surface area (Å²) in [5, 5.41) is 15.5. The molecule has 1 aliphatic rings. The van der Waals surface area contributed by atoms with E-state index >= 15 is 0 Å². The highest BCUT2D eigenvalue weighted by Gasteiger charge is 2.47. The van der Waals surface area contributed by atoms with E-state index in [0.29, 0.717) is 12.3 Å². The van der Waals surface area contributed by atoms with Crippen molar-refractivity contribution in [2.75, 3.05) is 13.1 Å². The lowest BCUT2D eigenvalue weighted by Crippen LogP contribution is -2.47. The number of rotatable bonds is 5. The molecule has 1 aliphatic carbocycles. The van der Waals surface area contributed by atoms with Crippen molar-refractivity contribution in [2.24, 2.45) is 5.92 Å². The molecule has 1 heterocycles. The summed E-state index contributed by atoms with van der Waals surface area (Å²) in [7, 11) is 0. The quantitative estimate of drug-likeness (QED) is 0.661. The van der Waals surface area contributed by atoms with E-state index < -0.39 is 17.4 Å². The molecule has 19 heavy (non-hydrogen) atoms. The Kier molecular flexibility index (Phi) is 3.90. The molecule has 1 aromatic rings.